The maximum atomic E-state index is 11.6. The van der Waals surface area contributed by atoms with Crippen molar-refractivity contribution in [3.05, 3.63) is 58.1 Å². The molecule has 0 aliphatic heterocycles. The minimum absolute atomic E-state index is 0.0490. The number of aromatic hydroxyl groups is 1. The Bertz CT molecular complexity index is 976. The first-order valence-corrected chi connectivity index (χ1v) is 11.9. The van der Waals surface area contributed by atoms with Crippen molar-refractivity contribution >= 4 is 17.6 Å². The number of phenols is 1. The normalized spacial score (nSPS) is 12.1. The van der Waals surface area contributed by atoms with Crippen LogP contribution in [0.15, 0.2) is 36.4 Å². The van der Waals surface area contributed by atoms with Crippen molar-refractivity contribution in [2.45, 2.75) is 64.9 Å². The van der Waals surface area contributed by atoms with Gasteiger partial charge < -0.3 is 19.3 Å². The van der Waals surface area contributed by atoms with Crippen LogP contribution in [0.3, 0.4) is 0 Å². The van der Waals surface area contributed by atoms with E-state index in [1.54, 1.807) is 12.1 Å². The summed E-state index contributed by atoms with van der Waals surface area (Å²) in [5.41, 5.74) is 1.96. The molecule has 0 bridgehead atoms. The summed E-state index contributed by atoms with van der Waals surface area (Å²) in [4.78, 5) is 11.6. The maximum Gasteiger partial charge on any atom is 0.332 e. The molecule has 34 heavy (non-hydrogen) atoms. The van der Waals surface area contributed by atoms with Crippen LogP contribution in [0.1, 0.15) is 69.6 Å². The first-order chi connectivity index (χ1) is 16.1. The van der Waals surface area contributed by atoms with Crippen molar-refractivity contribution in [3.63, 3.8) is 0 Å². The molecule has 184 valence electrons. The molecule has 0 aliphatic carbocycles. The minimum atomic E-state index is -0.509. The zero-order valence-electron chi connectivity index (χ0n) is 20.4. The predicted molar refractivity (Wildman–Crippen MR) is 132 cm³/mol. The number of unbranched alkanes of at least 4 members (excludes halogenated alkanes) is 2. The number of hydrogen-bond donors (Lipinski definition) is 1. The molecule has 0 radical (unpaired) electrons. The Morgan fingerprint density at radius 3 is 2.44 bits per heavy atom. The number of carbonyl (C=O) groups is 1. The standard InChI is InChI=1S/C27H34ClNO5/c1-19(21-8-10-23(30)11-9-21)14-20-15-22(17-29)26(24(28)16-20)33-13-7-5-6-12-32-18-25(31)34-27(2,3)4/h8-11,15-16,19,30H,5-7,12-14,18H2,1-4H3/t19-/m1/s1. The number of phenolic OH excluding ortho intramolecular Hbond substituents is 1. The van der Waals surface area contributed by atoms with Gasteiger partial charge in [-0.15, -0.1) is 0 Å². The Labute approximate surface area is 207 Å². The van der Waals surface area contributed by atoms with Gasteiger partial charge in [0.25, 0.3) is 0 Å². The second-order valence-electron chi connectivity index (χ2n) is 9.31. The molecule has 1 N–H and O–H groups in total. The van der Waals surface area contributed by atoms with E-state index in [0.29, 0.717) is 36.0 Å². The summed E-state index contributed by atoms with van der Waals surface area (Å²) in [6.07, 6.45) is 3.13. The topological polar surface area (TPSA) is 88.8 Å². The average molecular weight is 488 g/mol. The summed E-state index contributed by atoms with van der Waals surface area (Å²) in [6.45, 7) is 8.41. The van der Waals surface area contributed by atoms with Crippen LogP contribution in [0.5, 0.6) is 11.5 Å². The van der Waals surface area contributed by atoms with Gasteiger partial charge in [0.05, 0.1) is 17.2 Å². The van der Waals surface area contributed by atoms with E-state index in [1.165, 1.54) is 0 Å². The number of hydrogen-bond acceptors (Lipinski definition) is 6. The highest BCUT2D eigenvalue weighted by Crippen LogP contribution is 2.32. The number of halogens is 1. The quantitative estimate of drug-likeness (QED) is 0.284. The fourth-order valence-electron chi connectivity index (χ4n) is 3.46. The predicted octanol–water partition coefficient (Wildman–Crippen LogP) is 6.17. The third kappa shape index (κ3) is 9.62. The van der Waals surface area contributed by atoms with Crippen molar-refractivity contribution in [1.82, 2.24) is 0 Å². The first-order valence-electron chi connectivity index (χ1n) is 11.5. The van der Waals surface area contributed by atoms with Gasteiger partial charge in [-0.05, 0) is 87.8 Å². The molecular formula is C27H34ClNO5. The highest BCUT2D eigenvalue weighted by molar-refractivity contribution is 6.32. The highest BCUT2D eigenvalue weighted by atomic mass is 35.5. The molecule has 0 spiro atoms. The number of carbonyl (C=O) groups excluding carboxylic acids is 1. The maximum absolute atomic E-state index is 11.6. The van der Waals surface area contributed by atoms with Crippen LogP contribution in [0.25, 0.3) is 0 Å². The van der Waals surface area contributed by atoms with Gasteiger partial charge >= 0.3 is 5.97 Å². The van der Waals surface area contributed by atoms with E-state index < -0.39 is 5.60 Å². The van der Waals surface area contributed by atoms with E-state index in [4.69, 9.17) is 25.8 Å². The number of esters is 1. The lowest BCUT2D eigenvalue weighted by Crippen LogP contribution is -2.26. The monoisotopic (exact) mass is 487 g/mol. The highest BCUT2D eigenvalue weighted by Gasteiger charge is 2.16. The number of ether oxygens (including phenoxy) is 3. The third-order valence-electron chi connectivity index (χ3n) is 5.05. The van der Waals surface area contributed by atoms with Crippen LogP contribution in [-0.4, -0.2) is 36.5 Å². The summed E-state index contributed by atoms with van der Waals surface area (Å²) < 4.78 is 16.4. The van der Waals surface area contributed by atoms with Gasteiger partial charge in [0.2, 0.25) is 0 Å². The molecule has 1 atom stereocenters. The lowest BCUT2D eigenvalue weighted by molar-refractivity contribution is -0.160. The van der Waals surface area contributed by atoms with Crippen LogP contribution in [0, 0.1) is 11.3 Å². The van der Waals surface area contributed by atoms with Crippen LogP contribution < -0.4 is 4.74 Å². The van der Waals surface area contributed by atoms with E-state index in [9.17, 15) is 15.2 Å². The number of rotatable bonds is 12. The van der Waals surface area contributed by atoms with Gasteiger partial charge in [0.15, 0.2) is 5.75 Å². The summed E-state index contributed by atoms with van der Waals surface area (Å²) in [5, 5.41) is 19.5. The zero-order valence-corrected chi connectivity index (χ0v) is 21.2. The number of benzene rings is 2. The summed E-state index contributed by atoms with van der Waals surface area (Å²) in [7, 11) is 0. The smallest absolute Gasteiger partial charge is 0.332 e. The van der Waals surface area contributed by atoms with Gasteiger partial charge in [-0.1, -0.05) is 30.7 Å². The van der Waals surface area contributed by atoms with E-state index in [2.05, 4.69) is 13.0 Å². The molecule has 2 aromatic rings. The zero-order chi connectivity index (χ0) is 25.1. The van der Waals surface area contributed by atoms with Crippen LogP contribution in [0.4, 0.5) is 0 Å². The Balaban J connectivity index is 1.77. The van der Waals surface area contributed by atoms with Gasteiger partial charge in [-0.2, -0.15) is 5.26 Å². The van der Waals surface area contributed by atoms with Crippen molar-refractivity contribution in [2.75, 3.05) is 19.8 Å². The SMILES string of the molecule is C[C@H](Cc1cc(Cl)c(OCCCCCOCC(=O)OC(C)(C)C)c(C#N)c1)c1ccc(O)cc1. The lowest BCUT2D eigenvalue weighted by Gasteiger charge is -2.19. The van der Waals surface area contributed by atoms with Crippen LogP contribution >= 0.6 is 11.6 Å². The third-order valence-corrected chi connectivity index (χ3v) is 5.33. The van der Waals surface area contributed by atoms with Crippen molar-refractivity contribution in [2.24, 2.45) is 0 Å². The van der Waals surface area contributed by atoms with Gasteiger partial charge in [0.1, 0.15) is 24.0 Å². The lowest BCUT2D eigenvalue weighted by atomic mass is 9.93. The Morgan fingerprint density at radius 2 is 1.79 bits per heavy atom. The fraction of sp³-hybridized carbons (Fsp3) is 0.481. The molecule has 0 heterocycles. The number of nitriles is 1. The first kappa shape index (κ1) is 27.5. The molecule has 0 unspecified atom stereocenters. The molecule has 0 saturated heterocycles. The van der Waals surface area contributed by atoms with Crippen molar-refractivity contribution in [1.29, 1.82) is 5.26 Å². The van der Waals surface area contributed by atoms with Gasteiger partial charge in [-0.25, -0.2) is 4.79 Å². The van der Waals surface area contributed by atoms with E-state index in [0.717, 1.165) is 30.4 Å². The van der Waals surface area contributed by atoms with E-state index in [-0.39, 0.29) is 24.2 Å². The van der Waals surface area contributed by atoms with E-state index in [1.807, 2.05) is 45.0 Å². The Hall–Kier alpha value is -2.75. The summed E-state index contributed by atoms with van der Waals surface area (Å²) in [6, 6.07) is 13.0. The molecule has 6 nitrogen and oxygen atoms in total. The van der Waals surface area contributed by atoms with Gasteiger partial charge in [0, 0.05) is 6.61 Å². The fourth-order valence-corrected chi connectivity index (χ4v) is 3.75. The largest absolute Gasteiger partial charge is 0.508 e. The van der Waals surface area contributed by atoms with Crippen LogP contribution in [-0.2, 0) is 20.7 Å². The Kier molecular flexibility index (Phi) is 10.7. The second-order valence-corrected chi connectivity index (χ2v) is 9.72. The molecule has 0 fully saturated rings. The summed E-state index contributed by atoms with van der Waals surface area (Å²) in [5.74, 6) is 0.481. The molecule has 0 saturated carbocycles. The number of nitrogens with zero attached hydrogens (tertiary/aromatic N) is 1. The molecule has 2 rings (SSSR count). The molecule has 0 aromatic heterocycles. The summed E-state index contributed by atoms with van der Waals surface area (Å²) >= 11 is 6.45. The second kappa shape index (κ2) is 13.2. The molecule has 7 heteroatoms. The molecule has 0 amide bonds. The average Bonchev–Trinajstić information content (AvgIpc) is 2.75. The van der Waals surface area contributed by atoms with Crippen LogP contribution in [0.2, 0.25) is 5.02 Å². The van der Waals surface area contributed by atoms with Crippen molar-refractivity contribution in [3.8, 4) is 17.6 Å². The van der Waals surface area contributed by atoms with Crippen molar-refractivity contribution < 1.29 is 24.1 Å². The molecule has 2 aromatic carbocycles. The minimum Gasteiger partial charge on any atom is -0.508 e. The van der Waals surface area contributed by atoms with Gasteiger partial charge in [-0.3, -0.25) is 0 Å². The Morgan fingerprint density at radius 1 is 1.12 bits per heavy atom. The van der Waals surface area contributed by atoms with E-state index >= 15 is 0 Å². The molecular weight excluding hydrogens is 454 g/mol. The molecule has 0 aliphatic rings.